The number of ether oxygens (including phenoxy) is 1. The highest BCUT2D eigenvalue weighted by Gasteiger charge is 2.25. The number of hydrogen-bond acceptors (Lipinski definition) is 3. The van der Waals surface area contributed by atoms with Gasteiger partial charge in [0.25, 0.3) is 0 Å². The van der Waals surface area contributed by atoms with Gasteiger partial charge in [0.05, 0.1) is 0 Å². The first-order valence-electron chi connectivity index (χ1n) is 5.01. The van der Waals surface area contributed by atoms with E-state index in [1.165, 1.54) is 0 Å². The minimum atomic E-state index is -3.40. The van der Waals surface area contributed by atoms with Crippen molar-refractivity contribution in [1.82, 2.24) is 4.72 Å². The molecule has 4 nitrogen and oxygen atoms in total. The SMILES string of the molecule is CC=CC1=C(C)OC(CC)CNS1(=O)=O. The molecular formula is C10H17NO3S. The fourth-order valence-corrected chi connectivity index (χ4v) is 2.71. The first-order chi connectivity index (χ1) is 7.01. The van der Waals surface area contributed by atoms with E-state index in [0.717, 1.165) is 6.42 Å². The highest BCUT2D eigenvalue weighted by molar-refractivity contribution is 7.93. The molecule has 1 N–H and O–H groups in total. The van der Waals surface area contributed by atoms with E-state index in [-0.39, 0.29) is 11.0 Å². The van der Waals surface area contributed by atoms with Gasteiger partial charge in [0.1, 0.15) is 16.8 Å². The quantitative estimate of drug-likeness (QED) is 0.784. The van der Waals surface area contributed by atoms with Crippen molar-refractivity contribution >= 4 is 10.0 Å². The molecule has 0 aromatic heterocycles. The molecule has 0 saturated carbocycles. The van der Waals surface area contributed by atoms with Crippen molar-refractivity contribution in [2.24, 2.45) is 0 Å². The maximum Gasteiger partial charge on any atom is 0.244 e. The highest BCUT2D eigenvalue weighted by atomic mass is 32.2. The molecule has 15 heavy (non-hydrogen) atoms. The Morgan fingerprint density at radius 2 is 2.27 bits per heavy atom. The Morgan fingerprint density at radius 1 is 1.60 bits per heavy atom. The molecule has 1 aliphatic heterocycles. The summed E-state index contributed by atoms with van der Waals surface area (Å²) in [4.78, 5) is 0.223. The Kier molecular flexibility index (Phi) is 3.93. The normalized spacial score (nSPS) is 26.5. The summed E-state index contributed by atoms with van der Waals surface area (Å²) < 4.78 is 31.6. The molecule has 0 spiro atoms. The zero-order chi connectivity index (χ0) is 11.5. The van der Waals surface area contributed by atoms with Crippen molar-refractivity contribution in [1.29, 1.82) is 0 Å². The van der Waals surface area contributed by atoms with Crippen LogP contribution in [0.15, 0.2) is 22.8 Å². The molecule has 1 rings (SSSR count). The van der Waals surface area contributed by atoms with Crippen molar-refractivity contribution in [3.63, 3.8) is 0 Å². The van der Waals surface area contributed by atoms with Crippen LogP contribution in [0.2, 0.25) is 0 Å². The molecule has 0 fully saturated rings. The van der Waals surface area contributed by atoms with E-state index in [9.17, 15) is 8.42 Å². The van der Waals surface area contributed by atoms with E-state index < -0.39 is 10.0 Å². The maximum atomic E-state index is 11.8. The summed E-state index contributed by atoms with van der Waals surface area (Å²) in [7, 11) is -3.40. The second-order valence-corrected chi connectivity index (χ2v) is 5.16. The van der Waals surface area contributed by atoms with Crippen LogP contribution in [0.5, 0.6) is 0 Å². The Morgan fingerprint density at radius 3 is 2.80 bits per heavy atom. The topological polar surface area (TPSA) is 55.4 Å². The number of rotatable bonds is 2. The van der Waals surface area contributed by atoms with Gasteiger partial charge >= 0.3 is 0 Å². The molecule has 0 aromatic rings. The molecule has 0 aromatic carbocycles. The standard InChI is InChI=1S/C10H17NO3S/c1-4-6-10-8(3)14-9(5-2)7-11-15(10,12)13/h4,6,9,11H,5,7H2,1-3H3. The van der Waals surface area contributed by atoms with E-state index >= 15 is 0 Å². The summed E-state index contributed by atoms with van der Waals surface area (Å²) in [5.74, 6) is 0.463. The lowest BCUT2D eigenvalue weighted by Gasteiger charge is -2.13. The number of nitrogens with one attached hydrogen (secondary N) is 1. The van der Waals surface area contributed by atoms with E-state index in [4.69, 9.17) is 4.74 Å². The average Bonchev–Trinajstić information content (AvgIpc) is 2.29. The molecule has 1 aliphatic rings. The smallest absolute Gasteiger partial charge is 0.244 e. The predicted octanol–water partition coefficient (Wildman–Crippen LogP) is 1.52. The summed E-state index contributed by atoms with van der Waals surface area (Å²) in [6, 6.07) is 0. The number of hydrogen-bond donors (Lipinski definition) is 1. The van der Waals surface area contributed by atoms with Crippen molar-refractivity contribution in [2.75, 3.05) is 6.54 Å². The van der Waals surface area contributed by atoms with Crippen molar-refractivity contribution in [3.8, 4) is 0 Å². The first kappa shape index (κ1) is 12.3. The Labute approximate surface area is 91.1 Å². The summed E-state index contributed by atoms with van der Waals surface area (Å²) in [5, 5.41) is 0. The summed E-state index contributed by atoms with van der Waals surface area (Å²) in [6.45, 7) is 5.75. The Bertz CT molecular complexity index is 381. The zero-order valence-electron chi connectivity index (χ0n) is 9.28. The molecular weight excluding hydrogens is 214 g/mol. The van der Waals surface area contributed by atoms with Gasteiger partial charge in [-0.1, -0.05) is 13.0 Å². The van der Waals surface area contributed by atoms with E-state index in [0.29, 0.717) is 12.3 Å². The Balaban J connectivity index is 3.13. The predicted molar refractivity (Wildman–Crippen MR) is 59.6 cm³/mol. The minimum absolute atomic E-state index is 0.0810. The molecule has 1 unspecified atom stereocenters. The van der Waals surface area contributed by atoms with Crippen LogP contribution in [0.4, 0.5) is 0 Å². The summed E-state index contributed by atoms with van der Waals surface area (Å²) in [5.41, 5.74) is 0. The molecule has 0 bridgehead atoms. The van der Waals surface area contributed by atoms with E-state index in [1.807, 2.05) is 6.92 Å². The monoisotopic (exact) mass is 231 g/mol. The number of allylic oxidation sites excluding steroid dienone is 3. The van der Waals surface area contributed by atoms with Crippen LogP contribution in [0, 0.1) is 0 Å². The molecule has 86 valence electrons. The third kappa shape index (κ3) is 2.82. The van der Waals surface area contributed by atoms with Crippen LogP contribution < -0.4 is 4.72 Å². The number of sulfonamides is 1. The second-order valence-electron chi connectivity index (χ2n) is 3.42. The lowest BCUT2D eigenvalue weighted by Crippen LogP contribution is -2.30. The third-order valence-electron chi connectivity index (χ3n) is 2.25. The fraction of sp³-hybridized carbons (Fsp3) is 0.600. The fourth-order valence-electron chi connectivity index (χ4n) is 1.41. The minimum Gasteiger partial charge on any atom is -0.492 e. The van der Waals surface area contributed by atoms with Gasteiger partial charge < -0.3 is 4.74 Å². The largest absolute Gasteiger partial charge is 0.492 e. The van der Waals surface area contributed by atoms with Gasteiger partial charge in [-0.3, -0.25) is 0 Å². The first-order valence-corrected chi connectivity index (χ1v) is 6.49. The highest BCUT2D eigenvalue weighted by Crippen LogP contribution is 2.19. The molecule has 5 heteroatoms. The lowest BCUT2D eigenvalue weighted by molar-refractivity contribution is 0.119. The maximum absolute atomic E-state index is 11.8. The summed E-state index contributed by atoms with van der Waals surface area (Å²) in [6.07, 6.45) is 3.94. The molecule has 0 saturated heterocycles. The van der Waals surface area contributed by atoms with Crippen LogP contribution in [0.1, 0.15) is 27.2 Å². The van der Waals surface area contributed by atoms with Crippen LogP contribution >= 0.6 is 0 Å². The second kappa shape index (κ2) is 4.81. The Hall–Kier alpha value is -0.810. The van der Waals surface area contributed by atoms with Crippen LogP contribution in [0.25, 0.3) is 0 Å². The van der Waals surface area contributed by atoms with Gasteiger partial charge in [-0.15, -0.1) is 0 Å². The van der Waals surface area contributed by atoms with Crippen molar-refractivity contribution in [3.05, 3.63) is 22.8 Å². The van der Waals surface area contributed by atoms with Crippen molar-refractivity contribution in [2.45, 2.75) is 33.3 Å². The molecule has 1 atom stereocenters. The zero-order valence-corrected chi connectivity index (χ0v) is 10.1. The molecule has 0 aliphatic carbocycles. The van der Waals surface area contributed by atoms with Crippen LogP contribution in [-0.4, -0.2) is 21.1 Å². The van der Waals surface area contributed by atoms with E-state index in [1.54, 1.807) is 26.0 Å². The third-order valence-corrected chi connectivity index (χ3v) is 3.80. The summed E-state index contributed by atoms with van der Waals surface area (Å²) >= 11 is 0. The van der Waals surface area contributed by atoms with Crippen molar-refractivity contribution < 1.29 is 13.2 Å². The molecule has 0 amide bonds. The van der Waals surface area contributed by atoms with Crippen LogP contribution in [-0.2, 0) is 14.8 Å². The van der Waals surface area contributed by atoms with Gasteiger partial charge in [0.2, 0.25) is 10.0 Å². The molecule has 1 heterocycles. The average molecular weight is 231 g/mol. The van der Waals surface area contributed by atoms with Gasteiger partial charge in [0.15, 0.2) is 0 Å². The van der Waals surface area contributed by atoms with Gasteiger partial charge in [-0.05, 0) is 26.3 Å². The molecule has 0 radical (unpaired) electrons. The van der Waals surface area contributed by atoms with E-state index in [2.05, 4.69) is 4.72 Å². The van der Waals surface area contributed by atoms with Crippen LogP contribution in [0.3, 0.4) is 0 Å². The van der Waals surface area contributed by atoms with Gasteiger partial charge in [-0.2, -0.15) is 0 Å². The van der Waals surface area contributed by atoms with Gasteiger partial charge in [0, 0.05) is 6.54 Å². The van der Waals surface area contributed by atoms with Gasteiger partial charge in [-0.25, -0.2) is 13.1 Å². The lowest BCUT2D eigenvalue weighted by atomic mass is 10.3.